The van der Waals surface area contributed by atoms with Crippen LogP contribution < -0.4 is 0 Å². The number of rotatable bonds is 2. The fraction of sp³-hybridized carbons (Fsp3) is 0. The first-order valence-electron chi connectivity index (χ1n) is 7.97. The Bertz CT molecular complexity index is 1130. The summed E-state index contributed by atoms with van der Waals surface area (Å²) in [5, 5.41) is 0. The Kier molecular flexibility index (Phi) is 4.36. The average Bonchev–Trinajstić information content (AvgIpc) is 3.23. The number of nitrogens with zero attached hydrogens (tertiary/aromatic N) is 2. The van der Waals surface area contributed by atoms with Gasteiger partial charge in [0.1, 0.15) is 0 Å². The minimum absolute atomic E-state index is 0.190. The van der Waals surface area contributed by atoms with Gasteiger partial charge in [0.15, 0.2) is 0 Å². The first-order chi connectivity index (χ1) is 12.7. The van der Waals surface area contributed by atoms with E-state index in [1.807, 2.05) is 36.4 Å². The minimum atomic E-state index is 0.190. The standard InChI is InChI=1S/C20H12N2S2Se2/c23-15-7-3-1-5-11(15)19-21-13-9-18-14(10-17(13)25-19)22-20(26-18)12-6-2-4-8-16(12)24/h1-10,23-24H. The second kappa shape index (κ2) is 6.72. The molecule has 0 N–H and O–H groups in total. The Morgan fingerprint density at radius 2 is 1.04 bits per heavy atom. The molecule has 0 saturated heterocycles. The maximum absolute atomic E-state index is 4.92. The fourth-order valence-electron chi connectivity index (χ4n) is 2.89. The van der Waals surface area contributed by atoms with E-state index in [9.17, 15) is 0 Å². The summed E-state index contributed by atoms with van der Waals surface area (Å²) in [5.74, 6) is 0. The van der Waals surface area contributed by atoms with Crippen LogP contribution in [0.2, 0.25) is 0 Å². The van der Waals surface area contributed by atoms with Gasteiger partial charge in [0.25, 0.3) is 0 Å². The molecule has 5 rings (SSSR count). The molecular formula is C20H12N2S2Se2. The van der Waals surface area contributed by atoms with Crippen LogP contribution >= 0.6 is 25.3 Å². The van der Waals surface area contributed by atoms with Crippen LogP contribution in [0.15, 0.2) is 70.5 Å². The molecule has 0 fully saturated rings. The molecule has 0 bridgehead atoms. The molecule has 0 spiro atoms. The van der Waals surface area contributed by atoms with Crippen molar-refractivity contribution in [2.24, 2.45) is 0 Å². The van der Waals surface area contributed by atoms with Crippen molar-refractivity contribution in [3.63, 3.8) is 0 Å². The molecule has 2 nitrogen and oxygen atoms in total. The summed E-state index contributed by atoms with van der Waals surface area (Å²) in [7, 11) is 0. The average molecular weight is 502 g/mol. The zero-order valence-corrected chi connectivity index (χ0v) is 18.6. The van der Waals surface area contributed by atoms with Crippen LogP contribution in [0.4, 0.5) is 0 Å². The summed E-state index contributed by atoms with van der Waals surface area (Å²) in [5.41, 5.74) is 4.50. The van der Waals surface area contributed by atoms with Crippen LogP contribution in [0.5, 0.6) is 0 Å². The van der Waals surface area contributed by atoms with Crippen molar-refractivity contribution in [3.05, 3.63) is 60.7 Å². The first-order valence-corrected chi connectivity index (χ1v) is 12.3. The van der Waals surface area contributed by atoms with Crippen LogP contribution in [-0.4, -0.2) is 39.0 Å². The third kappa shape index (κ3) is 2.91. The maximum atomic E-state index is 4.92. The predicted molar refractivity (Wildman–Crippen MR) is 116 cm³/mol. The summed E-state index contributed by atoms with van der Waals surface area (Å²) >= 11 is 9.55. The van der Waals surface area contributed by atoms with Gasteiger partial charge in [-0.15, -0.1) is 0 Å². The third-order valence-corrected chi connectivity index (χ3v) is 9.36. The summed E-state index contributed by atoms with van der Waals surface area (Å²) in [6, 6.07) is 20.8. The van der Waals surface area contributed by atoms with Gasteiger partial charge in [0.05, 0.1) is 0 Å². The van der Waals surface area contributed by atoms with Crippen molar-refractivity contribution in [2.75, 3.05) is 0 Å². The normalized spacial score (nSPS) is 11.5. The first kappa shape index (κ1) is 16.9. The molecule has 2 aromatic heterocycles. The van der Waals surface area contributed by atoms with Crippen LogP contribution in [0.1, 0.15) is 0 Å². The van der Waals surface area contributed by atoms with Crippen molar-refractivity contribution in [1.82, 2.24) is 9.97 Å². The van der Waals surface area contributed by atoms with Crippen molar-refractivity contribution in [1.29, 1.82) is 0 Å². The molecule has 0 atom stereocenters. The monoisotopic (exact) mass is 504 g/mol. The van der Waals surface area contributed by atoms with E-state index in [4.69, 9.17) is 9.97 Å². The Balaban J connectivity index is 1.66. The van der Waals surface area contributed by atoms with E-state index in [0.717, 1.165) is 41.1 Å². The number of fused-ring (bicyclic) bond motifs is 2. The molecule has 0 aliphatic carbocycles. The van der Waals surface area contributed by atoms with E-state index in [1.165, 1.54) is 8.52 Å². The van der Waals surface area contributed by atoms with Gasteiger partial charge in [-0.3, -0.25) is 0 Å². The molecule has 2 heterocycles. The summed E-state index contributed by atoms with van der Waals surface area (Å²) < 4.78 is 4.92. The van der Waals surface area contributed by atoms with Gasteiger partial charge in [-0.25, -0.2) is 0 Å². The molecule has 0 saturated carbocycles. The molecule has 6 heteroatoms. The van der Waals surface area contributed by atoms with Crippen LogP contribution in [0, 0.1) is 0 Å². The number of thiol groups is 2. The van der Waals surface area contributed by atoms with Crippen molar-refractivity contribution < 1.29 is 0 Å². The third-order valence-electron chi connectivity index (χ3n) is 4.17. The number of benzene rings is 3. The van der Waals surface area contributed by atoms with Gasteiger partial charge >= 0.3 is 175 Å². The van der Waals surface area contributed by atoms with E-state index >= 15 is 0 Å². The van der Waals surface area contributed by atoms with Crippen molar-refractivity contribution in [3.8, 4) is 20.3 Å². The molecular weight excluding hydrogens is 490 g/mol. The van der Waals surface area contributed by atoms with E-state index < -0.39 is 0 Å². The zero-order valence-electron chi connectivity index (χ0n) is 13.4. The summed E-state index contributed by atoms with van der Waals surface area (Å²) in [6.07, 6.45) is 0. The van der Waals surface area contributed by atoms with Crippen LogP contribution in [0.25, 0.3) is 39.8 Å². The van der Waals surface area contributed by atoms with Crippen molar-refractivity contribution in [2.45, 2.75) is 9.79 Å². The Morgan fingerprint density at radius 1 is 0.615 bits per heavy atom. The van der Waals surface area contributed by atoms with Gasteiger partial charge in [-0.1, -0.05) is 0 Å². The molecule has 0 aliphatic rings. The van der Waals surface area contributed by atoms with Gasteiger partial charge in [-0.2, -0.15) is 0 Å². The molecule has 126 valence electrons. The van der Waals surface area contributed by atoms with Crippen LogP contribution in [0.3, 0.4) is 0 Å². The van der Waals surface area contributed by atoms with E-state index in [-0.39, 0.29) is 29.0 Å². The molecule has 0 radical (unpaired) electrons. The fourth-order valence-corrected chi connectivity index (χ4v) is 8.04. The van der Waals surface area contributed by atoms with Crippen LogP contribution in [-0.2, 0) is 0 Å². The van der Waals surface area contributed by atoms with Gasteiger partial charge in [-0.05, 0) is 0 Å². The zero-order chi connectivity index (χ0) is 17.7. The SMILES string of the molecule is Sc1ccccc1-c1nc2cc3[se]c(-c4ccccc4S)nc3cc2[se]1. The summed E-state index contributed by atoms with van der Waals surface area (Å²) in [4.78, 5) is 11.8. The molecule has 0 unspecified atom stereocenters. The van der Waals surface area contributed by atoms with Gasteiger partial charge in [0.2, 0.25) is 0 Å². The topological polar surface area (TPSA) is 25.8 Å². The Morgan fingerprint density at radius 3 is 1.46 bits per heavy atom. The molecule has 0 aliphatic heterocycles. The molecule has 5 aromatic rings. The number of aromatic nitrogens is 2. The number of hydrogen-bond acceptors (Lipinski definition) is 4. The molecule has 0 amide bonds. The van der Waals surface area contributed by atoms with Gasteiger partial charge < -0.3 is 0 Å². The van der Waals surface area contributed by atoms with E-state index in [2.05, 4.69) is 49.5 Å². The predicted octanol–water partition coefficient (Wildman–Crippen LogP) is 4.81. The van der Waals surface area contributed by atoms with Crippen molar-refractivity contribution >= 4 is 73.8 Å². The second-order valence-electron chi connectivity index (χ2n) is 5.86. The molecule has 26 heavy (non-hydrogen) atoms. The number of hydrogen-bond donors (Lipinski definition) is 2. The van der Waals surface area contributed by atoms with Gasteiger partial charge in [0, 0.05) is 0 Å². The second-order valence-corrected chi connectivity index (χ2v) is 11.1. The Labute approximate surface area is 173 Å². The Hall–Kier alpha value is -1.26. The summed E-state index contributed by atoms with van der Waals surface area (Å²) in [6.45, 7) is 0. The molecule has 3 aromatic carbocycles. The quantitative estimate of drug-likeness (QED) is 0.268. The van der Waals surface area contributed by atoms with E-state index in [1.54, 1.807) is 0 Å². The van der Waals surface area contributed by atoms with E-state index in [0.29, 0.717) is 0 Å².